The lowest BCUT2D eigenvalue weighted by Crippen LogP contribution is -2.50. The smallest absolute Gasteiger partial charge is 0.152 e. The molecule has 1 aliphatic heterocycles. The van der Waals surface area contributed by atoms with E-state index >= 15 is 0 Å². The van der Waals surface area contributed by atoms with E-state index in [1.54, 1.807) is 6.92 Å². The molecule has 0 aromatic heterocycles. The molecule has 1 saturated heterocycles. The molecule has 3 atom stereocenters. The molecule has 1 heterocycles. The molecule has 2 rings (SSSR count). The van der Waals surface area contributed by atoms with Gasteiger partial charge in [0.25, 0.3) is 0 Å². The lowest BCUT2D eigenvalue weighted by atomic mass is 9.70. The van der Waals surface area contributed by atoms with E-state index < -0.39 is 21.2 Å². The largest absolute Gasteiger partial charge is 0.391 e. The van der Waals surface area contributed by atoms with Gasteiger partial charge in [-0.2, -0.15) is 0 Å². The first kappa shape index (κ1) is 13.3. The number of ether oxygens (including phenoxy) is 1. The van der Waals surface area contributed by atoms with Crippen LogP contribution in [0.5, 0.6) is 0 Å². The van der Waals surface area contributed by atoms with E-state index in [2.05, 4.69) is 0 Å². The van der Waals surface area contributed by atoms with Crippen LogP contribution in [-0.2, 0) is 14.6 Å². The van der Waals surface area contributed by atoms with Crippen molar-refractivity contribution in [1.82, 2.24) is 0 Å². The Balaban J connectivity index is 2.02. The third kappa shape index (κ3) is 2.66. The molecule has 2 fully saturated rings. The van der Waals surface area contributed by atoms with Crippen molar-refractivity contribution in [3.05, 3.63) is 0 Å². The monoisotopic (exact) mass is 262 g/mol. The summed E-state index contributed by atoms with van der Waals surface area (Å²) in [4.78, 5) is 0. The highest BCUT2D eigenvalue weighted by Gasteiger charge is 2.45. The van der Waals surface area contributed by atoms with Crippen molar-refractivity contribution in [2.75, 3.05) is 12.9 Å². The van der Waals surface area contributed by atoms with Crippen molar-refractivity contribution in [3.8, 4) is 0 Å². The molecule has 4 nitrogen and oxygen atoms in total. The molecular formula is C12H22O4S. The van der Waals surface area contributed by atoms with Gasteiger partial charge in [0.2, 0.25) is 0 Å². The van der Waals surface area contributed by atoms with Gasteiger partial charge in [0.05, 0.1) is 17.0 Å². The van der Waals surface area contributed by atoms with Crippen LogP contribution in [0.4, 0.5) is 0 Å². The minimum absolute atomic E-state index is 0.0406. The highest BCUT2D eigenvalue weighted by molar-refractivity contribution is 7.91. The van der Waals surface area contributed by atoms with Gasteiger partial charge < -0.3 is 9.84 Å². The van der Waals surface area contributed by atoms with Crippen molar-refractivity contribution in [2.45, 2.75) is 56.0 Å². The summed E-state index contributed by atoms with van der Waals surface area (Å²) in [5, 5.41) is 9.52. The van der Waals surface area contributed by atoms with E-state index in [1.807, 2.05) is 0 Å². The van der Waals surface area contributed by atoms with E-state index in [-0.39, 0.29) is 11.5 Å². The molecule has 0 amide bonds. The van der Waals surface area contributed by atoms with E-state index in [0.717, 1.165) is 25.7 Å². The molecule has 1 N–H and O–H groups in total. The summed E-state index contributed by atoms with van der Waals surface area (Å²) in [6, 6.07) is 0. The van der Waals surface area contributed by atoms with E-state index in [0.29, 0.717) is 6.61 Å². The second-order valence-corrected chi connectivity index (χ2v) is 8.07. The summed E-state index contributed by atoms with van der Waals surface area (Å²) in [5.41, 5.74) is -0.0406. The van der Waals surface area contributed by atoms with Crippen molar-refractivity contribution in [3.63, 3.8) is 0 Å². The van der Waals surface area contributed by atoms with Crippen molar-refractivity contribution < 1.29 is 18.3 Å². The molecule has 1 saturated carbocycles. The lowest BCUT2D eigenvalue weighted by Gasteiger charge is -2.48. The number of rotatable bonds is 3. The van der Waals surface area contributed by atoms with Crippen LogP contribution >= 0.6 is 0 Å². The molecular weight excluding hydrogens is 240 g/mol. The van der Waals surface area contributed by atoms with Gasteiger partial charge in [-0.1, -0.05) is 0 Å². The van der Waals surface area contributed by atoms with E-state index in [1.165, 1.54) is 12.7 Å². The van der Waals surface area contributed by atoms with E-state index in [4.69, 9.17) is 4.74 Å². The van der Waals surface area contributed by atoms with Gasteiger partial charge in [-0.3, -0.25) is 0 Å². The predicted octanol–water partition coefficient (Wildman–Crippen LogP) is 1.13. The summed E-state index contributed by atoms with van der Waals surface area (Å²) < 4.78 is 28.7. The molecule has 0 aromatic carbocycles. The van der Waals surface area contributed by atoms with Crippen LogP contribution in [0.25, 0.3) is 0 Å². The fourth-order valence-corrected chi connectivity index (χ4v) is 3.64. The van der Waals surface area contributed by atoms with Gasteiger partial charge in [-0.15, -0.1) is 0 Å². The maximum Gasteiger partial charge on any atom is 0.152 e. The molecule has 1 aliphatic carbocycles. The zero-order valence-corrected chi connectivity index (χ0v) is 11.4. The summed E-state index contributed by atoms with van der Waals surface area (Å²) in [6.45, 7) is 2.25. The summed E-state index contributed by atoms with van der Waals surface area (Å²) in [5.74, 6) is 0.0637. The molecule has 5 heteroatoms. The number of hydrogen-bond acceptors (Lipinski definition) is 4. The minimum Gasteiger partial charge on any atom is -0.391 e. The Labute approximate surface area is 103 Å². The topological polar surface area (TPSA) is 63.6 Å². The van der Waals surface area contributed by atoms with Gasteiger partial charge in [0, 0.05) is 12.9 Å². The van der Waals surface area contributed by atoms with Crippen LogP contribution in [0.2, 0.25) is 0 Å². The Morgan fingerprint density at radius 3 is 2.53 bits per heavy atom. The highest BCUT2D eigenvalue weighted by atomic mass is 32.2. The maximum atomic E-state index is 11.5. The molecule has 3 unspecified atom stereocenters. The molecule has 1 spiro atoms. The number of sulfone groups is 1. The Hall–Kier alpha value is -0.130. The first-order chi connectivity index (χ1) is 7.84. The fourth-order valence-electron chi connectivity index (χ4n) is 2.91. The Morgan fingerprint density at radius 1 is 1.41 bits per heavy atom. The summed E-state index contributed by atoms with van der Waals surface area (Å²) in [7, 11) is -3.17. The Kier molecular flexibility index (Phi) is 3.54. The average Bonchev–Trinajstić information content (AvgIpc) is 2.24. The molecule has 0 radical (unpaired) electrons. The molecule has 2 aliphatic rings. The van der Waals surface area contributed by atoms with Crippen molar-refractivity contribution in [1.29, 1.82) is 0 Å². The summed E-state index contributed by atoms with van der Waals surface area (Å²) in [6.07, 6.45) is 5.32. The van der Waals surface area contributed by atoms with Crippen LogP contribution < -0.4 is 0 Å². The second-order valence-electron chi connectivity index (χ2n) is 5.66. The van der Waals surface area contributed by atoms with Crippen molar-refractivity contribution >= 4 is 9.84 Å². The fraction of sp³-hybridized carbons (Fsp3) is 1.00. The lowest BCUT2D eigenvalue weighted by molar-refractivity contribution is -0.156. The molecule has 17 heavy (non-hydrogen) atoms. The second kappa shape index (κ2) is 4.52. The number of hydrogen-bond donors (Lipinski definition) is 1. The average molecular weight is 262 g/mol. The summed E-state index contributed by atoms with van der Waals surface area (Å²) >= 11 is 0. The third-order valence-corrected chi connectivity index (χ3v) is 6.06. The van der Waals surface area contributed by atoms with Crippen LogP contribution in [0.15, 0.2) is 0 Å². The van der Waals surface area contributed by atoms with Crippen LogP contribution in [-0.4, -0.2) is 43.3 Å². The first-order valence-electron chi connectivity index (χ1n) is 6.35. The van der Waals surface area contributed by atoms with Gasteiger partial charge in [0.15, 0.2) is 9.84 Å². The maximum absolute atomic E-state index is 11.5. The van der Waals surface area contributed by atoms with Gasteiger partial charge in [-0.05, 0) is 44.9 Å². The zero-order chi connectivity index (χ0) is 12.7. The Bertz CT molecular complexity index is 372. The molecule has 100 valence electrons. The number of aliphatic hydroxyl groups excluding tert-OH is 1. The Morgan fingerprint density at radius 2 is 2.06 bits per heavy atom. The highest BCUT2D eigenvalue weighted by Crippen LogP contribution is 2.45. The van der Waals surface area contributed by atoms with E-state index in [9.17, 15) is 13.5 Å². The minimum atomic E-state index is -3.17. The molecule has 0 bridgehead atoms. The van der Waals surface area contributed by atoms with Gasteiger partial charge >= 0.3 is 0 Å². The van der Waals surface area contributed by atoms with Gasteiger partial charge in [0.1, 0.15) is 0 Å². The van der Waals surface area contributed by atoms with Crippen LogP contribution in [0, 0.1) is 5.92 Å². The SMILES string of the molecule is CC(C(O)C1CCOC2(CCC2)C1)S(C)(=O)=O. The third-order valence-electron chi connectivity index (χ3n) is 4.44. The van der Waals surface area contributed by atoms with Crippen molar-refractivity contribution in [2.24, 2.45) is 5.92 Å². The zero-order valence-electron chi connectivity index (χ0n) is 10.6. The number of aliphatic hydroxyl groups is 1. The first-order valence-corrected chi connectivity index (χ1v) is 8.30. The predicted molar refractivity (Wildman–Crippen MR) is 65.6 cm³/mol. The normalized spacial score (nSPS) is 31.8. The van der Waals surface area contributed by atoms with Gasteiger partial charge in [-0.25, -0.2) is 8.42 Å². The van der Waals surface area contributed by atoms with Crippen LogP contribution in [0.3, 0.4) is 0 Å². The van der Waals surface area contributed by atoms with Crippen LogP contribution in [0.1, 0.15) is 39.0 Å². The standard InChI is InChI=1S/C12H22O4S/c1-9(17(2,14)15)11(13)10-4-7-16-12(8-10)5-3-6-12/h9-11,13H,3-8H2,1-2H3. The quantitative estimate of drug-likeness (QED) is 0.828. The molecule has 0 aromatic rings.